The second-order valence-electron chi connectivity index (χ2n) is 6.92. The topological polar surface area (TPSA) is 97.2 Å². The van der Waals surface area contributed by atoms with Crippen molar-refractivity contribution in [2.45, 2.75) is 30.0 Å². The van der Waals surface area contributed by atoms with E-state index in [1.165, 1.54) is 11.3 Å². The lowest BCUT2D eigenvalue weighted by Gasteiger charge is -2.32. The van der Waals surface area contributed by atoms with Crippen LogP contribution in [0.15, 0.2) is 34.0 Å². The summed E-state index contributed by atoms with van der Waals surface area (Å²) in [5, 5.41) is 6.94. The zero-order chi connectivity index (χ0) is 19.9. The molecule has 3 aromatic heterocycles. The molecule has 4 heterocycles. The van der Waals surface area contributed by atoms with Crippen LogP contribution >= 0.6 is 11.3 Å². The van der Waals surface area contributed by atoms with E-state index in [1.807, 2.05) is 20.0 Å². The van der Waals surface area contributed by atoms with Crippen molar-refractivity contribution in [2.75, 3.05) is 13.1 Å². The highest BCUT2D eigenvalue weighted by Crippen LogP contribution is 2.21. The van der Waals surface area contributed by atoms with E-state index in [-0.39, 0.29) is 11.9 Å². The number of carbonyl (C=O) groups is 1. The van der Waals surface area contributed by atoms with E-state index in [2.05, 4.69) is 14.8 Å². The Kier molecular flexibility index (Phi) is 4.94. The van der Waals surface area contributed by atoms with E-state index in [0.717, 1.165) is 16.7 Å². The van der Waals surface area contributed by atoms with Crippen molar-refractivity contribution in [2.24, 2.45) is 7.05 Å². The minimum atomic E-state index is -3.49. The molecule has 0 aliphatic carbocycles. The molecular weight excluding hydrogens is 398 g/mol. The first-order valence-electron chi connectivity index (χ1n) is 8.99. The Balaban J connectivity index is 1.42. The van der Waals surface area contributed by atoms with Gasteiger partial charge in [-0.3, -0.25) is 9.48 Å². The summed E-state index contributed by atoms with van der Waals surface area (Å²) in [7, 11) is -1.66. The van der Waals surface area contributed by atoms with Crippen LogP contribution in [0.2, 0.25) is 0 Å². The van der Waals surface area contributed by atoms with Crippen LogP contribution < -0.4 is 4.72 Å². The van der Waals surface area contributed by atoms with Gasteiger partial charge in [0, 0.05) is 37.8 Å². The standard InChI is InChI=1S/C18H21N5O3S2/c1-12-15-10-13(11-19-17(15)22(2)20-12)18(24)23-7-5-14(6-8-23)21-28(25,26)16-4-3-9-27-16/h3-4,9-11,14,21H,5-8H2,1-2H3. The van der Waals surface area contributed by atoms with Crippen molar-refractivity contribution < 1.29 is 13.2 Å². The first-order chi connectivity index (χ1) is 13.3. The van der Waals surface area contributed by atoms with Crippen molar-refractivity contribution in [1.29, 1.82) is 0 Å². The molecule has 0 saturated carbocycles. The van der Waals surface area contributed by atoms with E-state index in [0.29, 0.717) is 35.7 Å². The second kappa shape index (κ2) is 7.26. The van der Waals surface area contributed by atoms with Crippen molar-refractivity contribution in [3.8, 4) is 0 Å². The molecule has 1 amide bonds. The van der Waals surface area contributed by atoms with E-state index < -0.39 is 10.0 Å². The molecule has 1 aliphatic rings. The maximum Gasteiger partial charge on any atom is 0.255 e. The predicted octanol–water partition coefficient (Wildman–Crippen LogP) is 1.92. The summed E-state index contributed by atoms with van der Waals surface area (Å²) in [6.07, 6.45) is 2.74. The summed E-state index contributed by atoms with van der Waals surface area (Å²) >= 11 is 1.20. The number of likely N-dealkylation sites (tertiary alicyclic amines) is 1. The number of rotatable bonds is 4. The Hall–Kier alpha value is -2.30. The van der Waals surface area contributed by atoms with E-state index in [4.69, 9.17) is 0 Å². The number of nitrogens with one attached hydrogen (secondary N) is 1. The molecule has 0 bridgehead atoms. The van der Waals surface area contributed by atoms with Gasteiger partial charge in [0.05, 0.1) is 11.3 Å². The zero-order valence-corrected chi connectivity index (χ0v) is 17.3. The van der Waals surface area contributed by atoms with Gasteiger partial charge in [0.1, 0.15) is 4.21 Å². The van der Waals surface area contributed by atoms with Gasteiger partial charge in [0.2, 0.25) is 10.0 Å². The molecule has 1 N–H and O–H groups in total. The Morgan fingerprint density at radius 2 is 2.07 bits per heavy atom. The highest BCUT2D eigenvalue weighted by atomic mass is 32.2. The molecule has 4 rings (SSSR count). The number of carbonyl (C=O) groups excluding carboxylic acids is 1. The molecule has 28 heavy (non-hydrogen) atoms. The van der Waals surface area contributed by atoms with Crippen LogP contribution in [0.5, 0.6) is 0 Å². The highest BCUT2D eigenvalue weighted by molar-refractivity contribution is 7.91. The highest BCUT2D eigenvalue weighted by Gasteiger charge is 2.28. The third-order valence-electron chi connectivity index (χ3n) is 4.97. The number of thiophene rings is 1. The average molecular weight is 420 g/mol. The summed E-state index contributed by atoms with van der Waals surface area (Å²) in [6.45, 7) is 2.89. The van der Waals surface area contributed by atoms with Crippen LogP contribution in [0.1, 0.15) is 28.9 Å². The third kappa shape index (κ3) is 3.54. The van der Waals surface area contributed by atoms with E-state index in [1.54, 1.807) is 33.3 Å². The van der Waals surface area contributed by atoms with Gasteiger partial charge in [0.15, 0.2) is 5.65 Å². The predicted molar refractivity (Wildman–Crippen MR) is 107 cm³/mol. The monoisotopic (exact) mass is 419 g/mol. The van der Waals surface area contributed by atoms with Crippen LogP contribution in [0, 0.1) is 6.92 Å². The molecule has 0 atom stereocenters. The summed E-state index contributed by atoms with van der Waals surface area (Å²) in [5.41, 5.74) is 2.11. The summed E-state index contributed by atoms with van der Waals surface area (Å²) in [6, 6.07) is 4.97. The molecule has 8 nitrogen and oxygen atoms in total. The number of nitrogens with zero attached hydrogens (tertiary/aromatic N) is 4. The van der Waals surface area contributed by atoms with Gasteiger partial charge in [-0.1, -0.05) is 6.07 Å². The SMILES string of the molecule is Cc1nn(C)c2ncc(C(=O)N3CCC(NS(=O)(=O)c4cccs4)CC3)cc12. The number of pyridine rings is 1. The first kappa shape index (κ1) is 19.0. The van der Waals surface area contributed by atoms with E-state index >= 15 is 0 Å². The molecule has 1 saturated heterocycles. The lowest BCUT2D eigenvalue weighted by Crippen LogP contribution is -2.46. The van der Waals surface area contributed by atoms with Crippen molar-refractivity contribution in [3.63, 3.8) is 0 Å². The van der Waals surface area contributed by atoms with Gasteiger partial charge in [-0.15, -0.1) is 11.3 Å². The number of amides is 1. The van der Waals surface area contributed by atoms with Gasteiger partial charge in [0.25, 0.3) is 5.91 Å². The lowest BCUT2D eigenvalue weighted by atomic mass is 10.0. The molecule has 0 aromatic carbocycles. The number of sulfonamides is 1. The van der Waals surface area contributed by atoms with Crippen molar-refractivity contribution >= 4 is 38.3 Å². The first-order valence-corrected chi connectivity index (χ1v) is 11.4. The molecular formula is C18H21N5O3S2. The average Bonchev–Trinajstić information content (AvgIpc) is 3.31. The molecule has 0 spiro atoms. The van der Waals surface area contributed by atoms with Gasteiger partial charge >= 0.3 is 0 Å². The van der Waals surface area contributed by atoms with Gasteiger partial charge in [-0.2, -0.15) is 5.10 Å². The van der Waals surface area contributed by atoms with Crippen LogP contribution in [0.25, 0.3) is 11.0 Å². The van der Waals surface area contributed by atoms with Crippen molar-refractivity contribution in [1.82, 2.24) is 24.4 Å². The normalized spacial score (nSPS) is 16.0. The molecule has 0 unspecified atom stereocenters. The van der Waals surface area contributed by atoms with Crippen LogP contribution in [0.4, 0.5) is 0 Å². The Labute approximate surface area is 167 Å². The largest absolute Gasteiger partial charge is 0.338 e. The fourth-order valence-electron chi connectivity index (χ4n) is 3.50. The van der Waals surface area contributed by atoms with Crippen LogP contribution in [-0.2, 0) is 17.1 Å². The maximum atomic E-state index is 12.9. The minimum absolute atomic E-state index is 0.0859. The molecule has 1 fully saturated rings. The fourth-order valence-corrected chi connectivity index (χ4v) is 5.82. The summed E-state index contributed by atoms with van der Waals surface area (Å²) in [5.74, 6) is -0.0859. The van der Waals surface area contributed by atoms with Gasteiger partial charge in [-0.25, -0.2) is 18.1 Å². The molecule has 3 aromatic rings. The Bertz CT molecular complexity index is 1110. The Morgan fingerprint density at radius 3 is 2.75 bits per heavy atom. The number of fused-ring (bicyclic) bond motifs is 1. The number of hydrogen-bond acceptors (Lipinski definition) is 6. The van der Waals surface area contributed by atoms with E-state index in [9.17, 15) is 13.2 Å². The zero-order valence-electron chi connectivity index (χ0n) is 15.6. The smallest absolute Gasteiger partial charge is 0.255 e. The Morgan fingerprint density at radius 1 is 1.32 bits per heavy atom. The number of hydrogen-bond donors (Lipinski definition) is 1. The van der Waals surface area contributed by atoms with Gasteiger partial charge < -0.3 is 4.90 Å². The minimum Gasteiger partial charge on any atom is -0.338 e. The maximum absolute atomic E-state index is 12.9. The van der Waals surface area contributed by atoms with Crippen LogP contribution in [-0.4, -0.2) is 53.1 Å². The lowest BCUT2D eigenvalue weighted by molar-refractivity contribution is 0.0711. The number of aryl methyl sites for hydroxylation is 2. The fraction of sp³-hybridized carbons (Fsp3) is 0.389. The van der Waals surface area contributed by atoms with Crippen molar-refractivity contribution in [3.05, 3.63) is 41.0 Å². The molecule has 1 aliphatic heterocycles. The molecule has 0 radical (unpaired) electrons. The third-order valence-corrected chi connectivity index (χ3v) is 7.89. The number of aromatic nitrogens is 3. The second-order valence-corrected chi connectivity index (χ2v) is 9.81. The van der Waals surface area contributed by atoms with Crippen LogP contribution in [0.3, 0.4) is 0 Å². The summed E-state index contributed by atoms with van der Waals surface area (Å²) < 4.78 is 29.5. The number of piperidine rings is 1. The quantitative estimate of drug-likeness (QED) is 0.697. The summed E-state index contributed by atoms with van der Waals surface area (Å²) in [4.78, 5) is 19.0. The molecule has 10 heteroatoms. The van der Waals surface area contributed by atoms with Gasteiger partial charge in [-0.05, 0) is 37.3 Å². The molecule has 148 valence electrons.